The summed E-state index contributed by atoms with van der Waals surface area (Å²) < 4.78 is 49.6. The maximum atomic E-state index is 13.0. The first-order chi connectivity index (χ1) is 12.8. The quantitative estimate of drug-likeness (QED) is 0.792. The van der Waals surface area contributed by atoms with Crippen molar-refractivity contribution in [3.8, 4) is 11.5 Å². The summed E-state index contributed by atoms with van der Waals surface area (Å²) in [6, 6.07) is 10.3. The molecule has 2 aromatic carbocycles. The van der Waals surface area contributed by atoms with Gasteiger partial charge in [-0.1, -0.05) is 24.3 Å². The SMILES string of the molecule is COc1cccc(CN(C)CC(=O)Nc2ccccc2C(F)(F)F)c1OC. The highest BCUT2D eigenvalue weighted by Crippen LogP contribution is 2.34. The lowest BCUT2D eigenvalue weighted by molar-refractivity contribution is -0.137. The fourth-order valence-electron chi connectivity index (χ4n) is 2.70. The van der Waals surface area contributed by atoms with Gasteiger partial charge in [0.1, 0.15) is 0 Å². The van der Waals surface area contributed by atoms with Crippen molar-refractivity contribution in [2.75, 3.05) is 33.1 Å². The van der Waals surface area contributed by atoms with Gasteiger partial charge in [0.2, 0.25) is 5.91 Å². The summed E-state index contributed by atoms with van der Waals surface area (Å²) in [5, 5.41) is 2.33. The van der Waals surface area contributed by atoms with Gasteiger partial charge in [0, 0.05) is 12.1 Å². The van der Waals surface area contributed by atoms with E-state index >= 15 is 0 Å². The molecule has 2 aromatic rings. The largest absolute Gasteiger partial charge is 0.493 e. The molecule has 0 bridgehead atoms. The van der Waals surface area contributed by atoms with Crippen molar-refractivity contribution < 1.29 is 27.4 Å². The number of methoxy groups -OCH3 is 2. The third-order valence-electron chi connectivity index (χ3n) is 3.84. The van der Waals surface area contributed by atoms with Crippen LogP contribution in [0.5, 0.6) is 11.5 Å². The molecular weight excluding hydrogens is 361 g/mol. The van der Waals surface area contributed by atoms with Crippen LogP contribution in [-0.4, -0.2) is 38.6 Å². The van der Waals surface area contributed by atoms with E-state index < -0.39 is 17.6 Å². The number of benzene rings is 2. The third-order valence-corrected chi connectivity index (χ3v) is 3.84. The van der Waals surface area contributed by atoms with E-state index in [4.69, 9.17) is 9.47 Å². The Hall–Kier alpha value is -2.74. The molecule has 8 heteroatoms. The second kappa shape index (κ2) is 8.77. The molecule has 5 nitrogen and oxygen atoms in total. The summed E-state index contributed by atoms with van der Waals surface area (Å²) in [7, 11) is 4.73. The van der Waals surface area contributed by atoms with Crippen LogP contribution in [0.1, 0.15) is 11.1 Å². The van der Waals surface area contributed by atoms with E-state index in [1.165, 1.54) is 32.4 Å². The van der Waals surface area contributed by atoms with Crippen LogP contribution in [0.2, 0.25) is 0 Å². The average molecular weight is 382 g/mol. The van der Waals surface area contributed by atoms with Gasteiger partial charge in [-0.15, -0.1) is 0 Å². The molecule has 0 aliphatic rings. The van der Waals surface area contributed by atoms with Crippen LogP contribution in [0.3, 0.4) is 0 Å². The molecule has 2 rings (SSSR count). The fourth-order valence-corrected chi connectivity index (χ4v) is 2.70. The normalized spacial score (nSPS) is 11.4. The summed E-state index contributed by atoms with van der Waals surface area (Å²) in [5.41, 5.74) is -0.347. The van der Waals surface area contributed by atoms with E-state index in [9.17, 15) is 18.0 Å². The van der Waals surface area contributed by atoms with Crippen LogP contribution < -0.4 is 14.8 Å². The van der Waals surface area contributed by atoms with E-state index in [-0.39, 0.29) is 12.2 Å². The van der Waals surface area contributed by atoms with Gasteiger partial charge >= 0.3 is 6.18 Å². The number of hydrogen-bond acceptors (Lipinski definition) is 4. The van der Waals surface area contributed by atoms with Gasteiger partial charge in [-0.2, -0.15) is 13.2 Å². The first-order valence-corrected chi connectivity index (χ1v) is 8.10. The standard InChI is InChI=1S/C19H21F3N2O3/c1-24(11-13-7-6-10-16(26-2)18(13)27-3)12-17(25)23-15-9-5-4-8-14(15)19(20,21)22/h4-10H,11-12H2,1-3H3,(H,23,25). The molecule has 1 N–H and O–H groups in total. The Bertz CT molecular complexity index is 794. The van der Waals surface area contributed by atoms with Crippen LogP contribution in [0, 0.1) is 0 Å². The van der Waals surface area contributed by atoms with Gasteiger partial charge in [0.05, 0.1) is 32.0 Å². The number of nitrogens with zero attached hydrogens (tertiary/aromatic N) is 1. The van der Waals surface area contributed by atoms with E-state index in [0.717, 1.165) is 11.6 Å². The van der Waals surface area contributed by atoms with Crippen molar-refractivity contribution >= 4 is 11.6 Å². The average Bonchev–Trinajstić information content (AvgIpc) is 2.60. The number of amides is 1. The summed E-state index contributed by atoms with van der Waals surface area (Å²) >= 11 is 0. The van der Waals surface area contributed by atoms with E-state index in [1.807, 2.05) is 6.07 Å². The Morgan fingerprint density at radius 1 is 1.07 bits per heavy atom. The van der Waals surface area contributed by atoms with E-state index in [1.54, 1.807) is 24.1 Å². The van der Waals surface area contributed by atoms with Crippen LogP contribution in [-0.2, 0) is 17.5 Å². The molecule has 0 atom stereocenters. The summed E-state index contributed by atoms with van der Waals surface area (Å²) in [6.45, 7) is 0.265. The molecule has 0 unspecified atom stereocenters. The molecule has 0 saturated heterocycles. The first kappa shape index (κ1) is 20.6. The summed E-state index contributed by atoms with van der Waals surface area (Å²) in [5.74, 6) is 0.567. The molecule has 0 radical (unpaired) electrons. The van der Waals surface area contributed by atoms with Crippen LogP contribution >= 0.6 is 0 Å². The minimum atomic E-state index is -4.54. The predicted molar refractivity (Wildman–Crippen MR) is 96.0 cm³/mol. The van der Waals surface area contributed by atoms with E-state index in [0.29, 0.717) is 18.0 Å². The topological polar surface area (TPSA) is 50.8 Å². The number of anilines is 1. The number of hydrogen-bond donors (Lipinski definition) is 1. The van der Waals surface area contributed by atoms with Gasteiger partial charge in [-0.25, -0.2) is 0 Å². The molecule has 0 aromatic heterocycles. The lowest BCUT2D eigenvalue weighted by atomic mass is 10.1. The number of alkyl halides is 3. The second-order valence-corrected chi connectivity index (χ2v) is 5.92. The van der Waals surface area contributed by atoms with Crippen molar-refractivity contribution in [1.82, 2.24) is 4.90 Å². The summed E-state index contributed by atoms with van der Waals surface area (Å²) in [4.78, 5) is 13.9. The maximum Gasteiger partial charge on any atom is 0.418 e. The lowest BCUT2D eigenvalue weighted by Crippen LogP contribution is -2.30. The van der Waals surface area contributed by atoms with Crippen LogP contribution in [0.4, 0.5) is 18.9 Å². The molecular formula is C19H21F3N2O3. The number of likely N-dealkylation sites (N-methyl/N-ethyl adjacent to an activating group) is 1. The van der Waals surface area contributed by atoms with Crippen molar-refractivity contribution in [3.05, 3.63) is 53.6 Å². The molecule has 0 heterocycles. The Morgan fingerprint density at radius 3 is 2.41 bits per heavy atom. The third kappa shape index (κ3) is 5.37. The zero-order valence-corrected chi connectivity index (χ0v) is 15.3. The molecule has 146 valence electrons. The number of halogens is 3. The number of carbonyl (C=O) groups is 1. The fraction of sp³-hybridized carbons (Fsp3) is 0.316. The Kier molecular flexibility index (Phi) is 6.68. The van der Waals surface area contributed by atoms with Crippen molar-refractivity contribution in [3.63, 3.8) is 0 Å². The second-order valence-electron chi connectivity index (χ2n) is 5.92. The highest BCUT2D eigenvalue weighted by atomic mass is 19.4. The van der Waals surface area contributed by atoms with Crippen molar-refractivity contribution in [1.29, 1.82) is 0 Å². The smallest absolute Gasteiger partial charge is 0.418 e. The molecule has 27 heavy (non-hydrogen) atoms. The Morgan fingerprint density at radius 2 is 1.78 bits per heavy atom. The first-order valence-electron chi connectivity index (χ1n) is 8.10. The molecule has 1 amide bonds. The molecule has 0 spiro atoms. The Balaban J connectivity index is 2.06. The van der Waals surface area contributed by atoms with Gasteiger partial charge in [0.25, 0.3) is 0 Å². The maximum absolute atomic E-state index is 13.0. The number of rotatable bonds is 7. The van der Waals surface area contributed by atoms with Gasteiger partial charge in [0.15, 0.2) is 11.5 Å². The summed E-state index contributed by atoms with van der Waals surface area (Å²) in [6.07, 6.45) is -4.54. The molecule has 0 aliphatic carbocycles. The monoisotopic (exact) mass is 382 g/mol. The minimum Gasteiger partial charge on any atom is -0.493 e. The predicted octanol–water partition coefficient (Wildman–Crippen LogP) is 3.79. The number of nitrogens with one attached hydrogen (secondary N) is 1. The minimum absolute atomic E-state index is 0.0907. The van der Waals surface area contributed by atoms with E-state index in [2.05, 4.69) is 5.32 Å². The number of para-hydroxylation sites is 2. The molecule has 0 saturated carbocycles. The molecule has 0 fully saturated rings. The highest BCUT2D eigenvalue weighted by Gasteiger charge is 2.33. The lowest BCUT2D eigenvalue weighted by Gasteiger charge is -2.20. The van der Waals surface area contributed by atoms with Gasteiger partial charge in [-0.3, -0.25) is 9.69 Å². The van der Waals surface area contributed by atoms with Crippen molar-refractivity contribution in [2.24, 2.45) is 0 Å². The van der Waals surface area contributed by atoms with Crippen LogP contribution in [0.15, 0.2) is 42.5 Å². The number of ether oxygens (including phenoxy) is 2. The van der Waals surface area contributed by atoms with Crippen LogP contribution in [0.25, 0.3) is 0 Å². The number of carbonyl (C=O) groups excluding carboxylic acids is 1. The van der Waals surface area contributed by atoms with Gasteiger partial charge in [-0.05, 0) is 25.2 Å². The van der Waals surface area contributed by atoms with Crippen molar-refractivity contribution in [2.45, 2.75) is 12.7 Å². The Labute approximate surface area is 155 Å². The zero-order valence-electron chi connectivity index (χ0n) is 15.3. The molecule has 0 aliphatic heterocycles. The van der Waals surface area contributed by atoms with Gasteiger partial charge < -0.3 is 14.8 Å². The zero-order chi connectivity index (χ0) is 20.0. The highest BCUT2D eigenvalue weighted by molar-refractivity contribution is 5.93.